The van der Waals surface area contributed by atoms with Crippen LogP contribution in [0.4, 0.5) is 0 Å². The van der Waals surface area contributed by atoms with Crippen molar-refractivity contribution in [3.8, 4) is 0 Å². The molecule has 1 aromatic rings. The Morgan fingerprint density at radius 3 is 2.77 bits per heavy atom. The molecule has 0 fully saturated rings. The average molecular weight is 431 g/mol. The Kier molecular flexibility index (Phi) is 9.63. The number of methoxy groups -OCH3 is 1. The number of hydrogen-bond acceptors (Lipinski definition) is 5. The zero-order valence-electron chi connectivity index (χ0n) is 19.7. The van der Waals surface area contributed by atoms with E-state index in [1.165, 1.54) is 11.1 Å². The second-order valence-electron chi connectivity index (χ2n) is 9.02. The number of aryl methyl sites for hydroxylation is 1. The molecule has 0 saturated carbocycles. The molecule has 2 rings (SSSR count). The van der Waals surface area contributed by atoms with Crippen LogP contribution in [-0.4, -0.2) is 23.8 Å². The number of carbonyl (C=O) groups excluding carboxylic acids is 1. The van der Waals surface area contributed by atoms with E-state index in [1.807, 2.05) is 19.1 Å². The van der Waals surface area contributed by atoms with Gasteiger partial charge in [0.15, 0.2) is 11.5 Å². The molecule has 1 N–H and O–H groups in total. The predicted molar refractivity (Wildman–Crippen MR) is 122 cm³/mol. The number of aliphatic hydroxyl groups is 1. The molecule has 1 unspecified atom stereocenters. The Bertz CT molecular complexity index is 796. The molecule has 1 aliphatic rings. The summed E-state index contributed by atoms with van der Waals surface area (Å²) in [7, 11) is 1.56. The van der Waals surface area contributed by atoms with E-state index in [4.69, 9.17) is 13.9 Å². The van der Waals surface area contributed by atoms with Crippen molar-refractivity contribution in [2.24, 2.45) is 5.92 Å². The summed E-state index contributed by atoms with van der Waals surface area (Å²) in [5, 5.41) is 10.6. The van der Waals surface area contributed by atoms with Crippen molar-refractivity contribution >= 4 is 5.97 Å². The smallest absolute Gasteiger partial charge is 0.343 e. The second-order valence-corrected chi connectivity index (χ2v) is 9.02. The van der Waals surface area contributed by atoms with E-state index >= 15 is 0 Å². The molecule has 0 aliphatic carbocycles. The molecule has 1 aromatic heterocycles. The zero-order chi connectivity index (χ0) is 22.9. The number of cyclic esters (lactones) is 1. The summed E-state index contributed by atoms with van der Waals surface area (Å²) >= 11 is 0. The summed E-state index contributed by atoms with van der Waals surface area (Å²) in [4.78, 5) is 11.7. The van der Waals surface area contributed by atoms with Gasteiger partial charge >= 0.3 is 5.97 Å². The van der Waals surface area contributed by atoms with E-state index in [9.17, 15) is 9.90 Å². The van der Waals surface area contributed by atoms with Crippen molar-refractivity contribution < 1.29 is 23.8 Å². The minimum atomic E-state index is -0.634. The molecule has 0 radical (unpaired) electrons. The van der Waals surface area contributed by atoms with Crippen LogP contribution in [-0.2, 0) is 20.7 Å². The standard InChI is InChI=1S/C26H38O5/c1-19(11-7-14-26(4,28)15-8-12-22-13-16-30-18-22)9-6-10-20(2)17-23-24(29-5)21(3)25(27)31-23/h11,13,16-18,20,28H,6-10,12,14-15H2,1-5H3/b19-11+,23-17-/t20-,26?/m0/s1. The van der Waals surface area contributed by atoms with E-state index in [0.29, 0.717) is 23.0 Å². The molecule has 5 nitrogen and oxygen atoms in total. The molecule has 31 heavy (non-hydrogen) atoms. The van der Waals surface area contributed by atoms with E-state index < -0.39 is 5.60 Å². The van der Waals surface area contributed by atoms with Gasteiger partial charge in [-0.1, -0.05) is 18.6 Å². The lowest BCUT2D eigenvalue weighted by atomic mass is 9.92. The fraction of sp³-hybridized carbons (Fsp3) is 0.577. The molecule has 2 heterocycles. The maximum Gasteiger partial charge on any atom is 0.343 e. The third kappa shape index (κ3) is 8.41. The van der Waals surface area contributed by atoms with Gasteiger partial charge in [0.25, 0.3) is 0 Å². The van der Waals surface area contributed by atoms with Crippen LogP contribution in [0.3, 0.4) is 0 Å². The van der Waals surface area contributed by atoms with Gasteiger partial charge in [0.2, 0.25) is 0 Å². The number of esters is 1. The average Bonchev–Trinajstić information content (AvgIpc) is 3.30. The quantitative estimate of drug-likeness (QED) is 0.296. The van der Waals surface area contributed by atoms with Crippen LogP contribution in [0.15, 0.2) is 57.8 Å². The Morgan fingerprint density at radius 2 is 2.10 bits per heavy atom. The Balaban J connectivity index is 1.66. The van der Waals surface area contributed by atoms with E-state index in [2.05, 4.69) is 19.9 Å². The third-order valence-corrected chi connectivity index (χ3v) is 5.88. The minimum absolute atomic E-state index is 0.294. The first-order valence-corrected chi connectivity index (χ1v) is 11.3. The van der Waals surface area contributed by atoms with Gasteiger partial charge < -0.3 is 19.0 Å². The minimum Gasteiger partial charge on any atom is -0.492 e. The molecule has 0 spiro atoms. The Labute approximate surface area is 186 Å². The molecular weight excluding hydrogens is 392 g/mol. The number of allylic oxidation sites excluding steroid dienone is 3. The van der Waals surface area contributed by atoms with Gasteiger partial charge in [0.05, 0.1) is 30.8 Å². The lowest BCUT2D eigenvalue weighted by Crippen LogP contribution is -2.23. The second kappa shape index (κ2) is 11.9. The fourth-order valence-electron chi connectivity index (χ4n) is 3.87. The molecule has 0 aromatic carbocycles. The van der Waals surface area contributed by atoms with Crippen LogP contribution in [0.25, 0.3) is 0 Å². The lowest BCUT2D eigenvalue weighted by molar-refractivity contribution is -0.133. The molecule has 1 aliphatic heterocycles. The SMILES string of the molecule is COC1=C(C)C(=O)O/C1=C\[C@@H](C)CCC/C(C)=C/CCC(C)(O)CCCc1ccoc1. The van der Waals surface area contributed by atoms with Gasteiger partial charge in [-0.2, -0.15) is 0 Å². The highest BCUT2D eigenvalue weighted by atomic mass is 16.6. The van der Waals surface area contributed by atoms with Gasteiger partial charge in [-0.05, 0) is 95.8 Å². The van der Waals surface area contributed by atoms with Gasteiger partial charge in [0.1, 0.15) is 0 Å². The number of rotatable bonds is 13. The van der Waals surface area contributed by atoms with Gasteiger partial charge in [-0.3, -0.25) is 0 Å². The summed E-state index contributed by atoms with van der Waals surface area (Å²) in [5.74, 6) is 1.05. The Morgan fingerprint density at radius 1 is 1.32 bits per heavy atom. The lowest BCUT2D eigenvalue weighted by Gasteiger charge is -2.22. The normalized spacial score (nSPS) is 19.0. The van der Waals surface area contributed by atoms with Crippen molar-refractivity contribution in [3.63, 3.8) is 0 Å². The molecule has 0 amide bonds. The number of carbonyl (C=O) groups is 1. The van der Waals surface area contributed by atoms with E-state index in [0.717, 1.165) is 51.4 Å². The number of ether oxygens (including phenoxy) is 2. The monoisotopic (exact) mass is 430 g/mol. The number of furan rings is 1. The van der Waals surface area contributed by atoms with Crippen molar-refractivity contribution in [2.75, 3.05) is 7.11 Å². The highest BCUT2D eigenvalue weighted by Crippen LogP contribution is 2.28. The fourth-order valence-corrected chi connectivity index (χ4v) is 3.87. The maximum absolute atomic E-state index is 11.7. The summed E-state index contributed by atoms with van der Waals surface area (Å²) in [6.45, 7) is 7.94. The molecule has 0 bridgehead atoms. The largest absolute Gasteiger partial charge is 0.492 e. The van der Waals surface area contributed by atoms with Crippen LogP contribution >= 0.6 is 0 Å². The van der Waals surface area contributed by atoms with Gasteiger partial charge in [-0.25, -0.2) is 4.79 Å². The third-order valence-electron chi connectivity index (χ3n) is 5.88. The molecule has 5 heteroatoms. The van der Waals surface area contributed by atoms with Crippen LogP contribution in [0, 0.1) is 5.92 Å². The summed E-state index contributed by atoms with van der Waals surface area (Å²) in [6, 6.07) is 1.98. The Hall–Kier alpha value is -2.27. The molecule has 2 atom stereocenters. The maximum atomic E-state index is 11.7. The van der Waals surface area contributed by atoms with Crippen molar-refractivity contribution in [3.05, 3.63) is 59.0 Å². The predicted octanol–water partition coefficient (Wildman–Crippen LogP) is 6.25. The highest BCUT2D eigenvalue weighted by molar-refractivity contribution is 5.93. The summed E-state index contributed by atoms with van der Waals surface area (Å²) < 4.78 is 15.7. The highest BCUT2D eigenvalue weighted by Gasteiger charge is 2.28. The first-order chi connectivity index (χ1) is 14.7. The van der Waals surface area contributed by atoms with E-state index in [-0.39, 0.29) is 5.97 Å². The molecule has 172 valence electrons. The van der Waals surface area contributed by atoms with Crippen molar-refractivity contribution in [2.45, 2.75) is 84.7 Å². The zero-order valence-corrected chi connectivity index (χ0v) is 19.7. The molecular formula is C26H38O5. The first-order valence-electron chi connectivity index (χ1n) is 11.3. The number of hydrogen-bond donors (Lipinski definition) is 1. The van der Waals surface area contributed by atoms with E-state index in [1.54, 1.807) is 26.6 Å². The van der Waals surface area contributed by atoms with Crippen LogP contribution < -0.4 is 0 Å². The van der Waals surface area contributed by atoms with Crippen LogP contribution in [0.1, 0.15) is 78.2 Å². The van der Waals surface area contributed by atoms with Crippen molar-refractivity contribution in [1.29, 1.82) is 0 Å². The first kappa shape index (κ1) is 25.0. The van der Waals surface area contributed by atoms with Gasteiger partial charge in [0, 0.05) is 0 Å². The van der Waals surface area contributed by atoms with Crippen LogP contribution in [0.2, 0.25) is 0 Å². The topological polar surface area (TPSA) is 68.9 Å². The summed E-state index contributed by atoms with van der Waals surface area (Å²) in [5.41, 5.74) is 2.43. The van der Waals surface area contributed by atoms with Gasteiger partial charge in [-0.15, -0.1) is 0 Å². The van der Waals surface area contributed by atoms with Crippen LogP contribution in [0.5, 0.6) is 0 Å². The van der Waals surface area contributed by atoms with Crippen molar-refractivity contribution in [1.82, 2.24) is 0 Å². The summed E-state index contributed by atoms with van der Waals surface area (Å²) in [6.07, 6.45) is 15.1. The molecule has 0 saturated heterocycles.